The summed E-state index contributed by atoms with van der Waals surface area (Å²) in [5.41, 5.74) is 1.17. The second kappa shape index (κ2) is 11.9. The third kappa shape index (κ3) is 6.80. The molecule has 0 aliphatic rings. The molecule has 0 saturated carbocycles. The van der Waals surface area contributed by atoms with Crippen LogP contribution in [0.1, 0.15) is 38.7 Å². The van der Waals surface area contributed by atoms with Gasteiger partial charge in [-0.1, -0.05) is 32.0 Å². The van der Waals surface area contributed by atoms with Gasteiger partial charge in [0, 0.05) is 6.54 Å². The quantitative estimate of drug-likeness (QED) is 0.551. The molecule has 5 nitrogen and oxygen atoms in total. The molecule has 1 atom stereocenters. The predicted molar refractivity (Wildman–Crippen MR) is 111 cm³/mol. The topological polar surface area (TPSA) is 56.8 Å². The summed E-state index contributed by atoms with van der Waals surface area (Å²) in [4.78, 5) is 12.4. The third-order valence-electron chi connectivity index (χ3n) is 4.36. The Morgan fingerprint density at radius 2 is 1.75 bits per heavy atom. The number of aryl methyl sites for hydroxylation is 1. The van der Waals surface area contributed by atoms with Crippen LogP contribution in [0.2, 0.25) is 0 Å². The van der Waals surface area contributed by atoms with E-state index in [0.29, 0.717) is 25.3 Å². The highest BCUT2D eigenvalue weighted by atomic mass is 16.5. The summed E-state index contributed by atoms with van der Waals surface area (Å²) in [5, 5.41) is 2.98. The van der Waals surface area contributed by atoms with E-state index in [2.05, 4.69) is 18.3 Å². The van der Waals surface area contributed by atoms with E-state index in [0.717, 1.165) is 30.8 Å². The molecule has 2 rings (SSSR count). The number of hydrogen-bond donors (Lipinski definition) is 1. The zero-order valence-electron chi connectivity index (χ0n) is 17.1. The maximum absolute atomic E-state index is 12.4. The van der Waals surface area contributed by atoms with Gasteiger partial charge < -0.3 is 19.5 Å². The molecule has 2 aromatic rings. The highest BCUT2D eigenvalue weighted by Gasteiger charge is 2.18. The van der Waals surface area contributed by atoms with Gasteiger partial charge in [-0.15, -0.1) is 0 Å². The summed E-state index contributed by atoms with van der Waals surface area (Å²) < 4.78 is 16.7. The number of hydrogen-bond acceptors (Lipinski definition) is 4. The van der Waals surface area contributed by atoms with E-state index in [-0.39, 0.29) is 5.91 Å². The Morgan fingerprint density at radius 1 is 1.04 bits per heavy atom. The SMILES string of the molecule is CCCOc1ccccc1CCCNC(=O)C(CC)Oc1ccc(OC)cc1. The van der Waals surface area contributed by atoms with E-state index >= 15 is 0 Å². The smallest absolute Gasteiger partial charge is 0.261 e. The molecule has 1 N–H and O–H groups in total. The molecular formula is C23H31NO4. The van der Waals surface area contributed by atoms with Gasteiger partial charge in [-0.2, -0.15) is 0 Å². The van der Waals surface area contributed by atoms with Crippen molar-refractivity contribution in [1.29, 1.82) is 0 Å². The minimum absolute atomic E-state index is 0.0890. The summed E-state index contributed by atoms with van der Waals surface area (Å²) in [6.07, 6.45) is 2.78. The third-order valence-corrected chi connectivity index (χ3v) is 4.36. The van der Waals surface area contributed by atoms with Crippen LogP contribution >= 0.6 is 0 Å². The Kier molecular flexibility index (Phi) is 9.19. The van der Waals surface area contributed by atoms with Gasteiger partial charge in [-0.25, -0.2) is 0 Å². The Balaban J connectivity index is 1.79. The molecule has 0 fully saturated rings. The van der Waals surface area contributed by atoms with Crippen molar-refractivity contribution in [3.05, 3.63) is 54.1 Å². The van der Waals surface area contributed by atoms with Crippen molar-refractivity contribution in [2.75, 3.05) is 20.3 Å². The average molecular weight is 386 g/mol. The molecule has 2 aromatic carbocycles. The minimum atomic E-state index is -0.506. The van der Waals surface area contributed by atoms with Crippen LogP contribution in [0.3, 0.4) is 0 Å². The maximum Gasteiger partial charge on any atom is 0.261 e. The normalized spacial score (nSPS) is 11.5. The van der Waals surface area contributed by atoms with Crippen molar-refractivity contribution in [1.82, 2.24) is 5.32 Å². The molecule has 0 aliphatic heterocycles. The number of para-hydroxylation sites is 1. The number of ether oxygens (including phenoxy) is 3. The zero-order valence-corrected chi connectivity index (χ0v) is 17.1. The number of benzene rings is 2. The molecule has 0 bridgehead atoms. The molecule has 152 valence electrons. The highest BCUT2D eigenvalue weighted by molar-refractivity contribution is 5.81. The van der Waals surface area contributed by atoms with Gasteiger partial charge in [0.15, 0.2) is 6.10 Å². The van der Waals surface area contributed by atoms with Crippen molar-refractivity contribution in [3.8, 4) is 17.2 Å². The van der Waals surface area contributed by atoms with Crippen molar-refractivity contribution < 1.29 is 19.0 Å². The van der Waals surface area contributed by atoms with Gasteiger partial charge in [0.1, 0.15) is 17.2 Å². The van der Waals surface area contributed by atoms with Gasteiger partial charge in [0.25, 0.3) is 5.91 Å². The molecule has 1 unspecified atom stereocenters. The van der Waals surface area contributed by atoms with Crippen LogP contribution in [0.4, 0.5) is 0 Å². The Labute approximate surface area is 168 Å². The van der Waals surface area contributed by atoms with Crippen LogP contribution in [0.15, 0.2) is 48.5 Å². The van der Waals surface area contributed by atoms with Crippen molar-refractivity contribution in [3.63, 3.8) is 0 Å². The molecular weight excluding hydrogens is 354 g/mol. The van der Waals surface area contributed by atoms with Crippen LogP contribution in [-0.4, -0.2) is 32.3 Å². The number of carbonyl (C=O) groups excluding carboxylic acids is 1. The zero-order chi connectivity index (χ0) is 20.2. The molecule has 0 saturated heterocycles. The first-order chi connectivity index (χ1) is 13.7. The van der Waals surface area contributed by atoms with Crippen molar-refractivity contribution in [2.45, 2.75) is 45.6 Å². The largest absolute Gasteiger partial charge is 0.497 e. The van der Waals surface area contributed by atoms with Crippen LogP contribution < -0.4 is 19.5 Å². The Morgan fingerprint density at radius 3 is 2.43 bits per heavy atom. The number of methoxy groups -OCH3 is 1. The fraction of sp³-hybridized carbons (Fsp3) is 0.435. The molecule has 0 spiro atoms. The molecule has 5 heteroatoms. The summed E-state index contributed by atoms with van der Waals surface area (Å²) in [7, 11) is 1.62. The van der Waals surface area contributed by atoms with Crippen molar-refractivity contribution in [2.24, 2.45) is 0 Å². The number of nitrogens with one attached hydrogen (secondary N) is 1. The maximum atomic E-state index is 12.4. The lowest BCUT2D eigenvalue weighted by Gasteiger charge is -2.17. The van der Waals surface area contributed by atoms with Gasteiger partial charge in [-0.3, -0.25) is 4.79 Å². The lowest BCUT2D eigenvalue weighted by atomic mass is 10.1. The Bertz CT molecular complexity index is 715. The van der Waals surface area contributed by atoms with E-state index in [1.807, 2.05) is 49.4 Å². The van der Waals surface area contributed by atoms with Crippen LogP contribution in [-0.2, 0) is 11.2 Å². The van der Waals surface area contributed by atoms with Gasteiger partial charge in [-0.05, 0) is 61.6 Å². The van der Waals surface area contributed by atoms with E-state index in [9.17, 15) is 4.79 Å². The average Bonchev–Trinajstić information content (AvgIpc) is 2.74. The highest BCUT2D eigenvalue weighted by Crippen LogP contribution is 2.20. The fourth-order valence-electron chi connectivity index (χ4n) is 2.81. The molecule has 28 heavy (non-hydrogen) atoms. The summed E-state index contributed by atoms with van der Waals surface area (Å²) in [6.45, 7) is 5.35. The van der Waals surface area contributed by atoms with Crippen LogP contribution in [0.25, 0.3) is 0 Å². The first-order valence-corrected chi connectivity index (χ1v) is 9.97. The first kappa shape index (κ1) is 21.6. The van der Waals surface area contributed by atoms with Crippen LogP contribution in [0, 0.1) is 0 Å². The van der Waals surface area contributed by atoms with E-state index in [4.69, 9.17) is 14.2 Å². The molecule has 1 amide bonds. The van der Waals surface area contributed by atoms with Crippen LogP contribution in [0.5, 0.6) is 17.2 Å². The lowest BCUT2D eigenvalue weighted by molar-refractivity contribution is -0.128. The van der Waals surface area contributed by atoms with Crippen molar-refractivity contribution >= 4 is 5.91 Å². The lowest BCUT2D eigenvalue weighted by Crippen LogP contribution is -2.38. The standard InChI is InChI=1S/C23H31NO4/c1-4-17-27-22-11-7-6-9-18(22)10-8-16-24-23(25)21(5-2)28-20-14-12-19(26-3)13-15-20/h6-7,9,11-15,21H,4-5,8,10,16-17H2,1-3H3,(H,24,25). The number of carbonyl (C=O) groups is 1. The second-order valence-corrected chi connectivity index (χ2v) is 6.54. The summed E-state index contributed by atoms with van der Waals surface area (Å²) in [6, 6.07) is 15.3. The van der Waals surface area contributed by atoms with Gasteiger partial charge in [0.05, 0.1) is 13.7 Å². The van der Waals surface area contributed by atoms with Gasteiger partial charge in [0.2, 0.25) is 0 Å². The molecule has 0 aliphatic carbocycles. The second-order valence-electron chi connectivity index (χ2n) is 6.54. The molecule has 0 heterocycles. The monoisotopic (exact) mass is 385 g/mol. The predicted octanol–water partition coefficient (Wildman–Crippen LogP) is 4.39. The fourth-order valence-corrected chi connectivity index (χ4v) is 2.81. The first-order valence-electron chi connectivity index (χ1n) is 9.97. The molecule has 0 radical (unpaired) electrons. The number of amides is 1. The molecule has 0 aromatic heterocycles. The number of rotatable bonds is 12. The van der Waals surface area contributed by atoms with Gasteiger partial charge >= 0.3 is 0 Å². The Hall–Kier alpha value is -2.69. The minimum Gasteiger partial charge on any atom is -0.497 e. The van der Waals surface area contributed by atoms with E-state index < -0.39 is 6.10 Å². The van der Waals surface area contributed by atoms with E-state index in [1.165, 1.54) is 5.56 Å². The van der Waals surface area contributed by atoms with E-state index in [1.54, 1.807) is 7.11 Å². The summed E-state index contributed by atoms with van der Waals surface area (Å²) in [5.74, 6) is 2.26. The summed E-state index contributed by atoms with van der Waals surface area (Å²) >= 11 is 0.